The molecule has 10 heavy (non-hydrogen) atoms. The predicted octanol–water partition coefficient (Wildman–Crippen LogP) is 0.0726. The highest BCUT2D eigenvalue weighted by Gasteiger charge is 2.16. The van der Waals surface area contributed by atoms with E-state index in [4.69, 9.17) is 0 Å². The molecule has 0 atom stereocenters. The Morgan fingerprint density at radius 3 is 2.30 bits per heavy atom. The fourth-order valence-electron chi connectivity index (χ4n) is 0.996. The van der Waals surface area contributed by atoms with E-state index in [-0.39, 0.29) is 5.54 Å². The lowest BCUT2D eigenvalue weighted by atomic mass is 10.1. The number of nitrogens with zero attached hydrogens (tertiary/aromatic N) is 1. The molecule has 0 fully saturated rings. The van der Waals surface area contributed by atoms with Crippen LogP contribution >= 0.6 is 0 Å². The van der Waals surface area contributed by atoms with Crippen LogP contribution in [0.5, 0.6) is 0 Å². The minimum Gasteiger partial charge on any atom is -0.353 e. The quantitative estimate of drug-likeness (QED) is 0.566. The first kappa shape index (κ1) is 9.43. The van der Waals surface area contributed by atoms with Crippen LogP contribution in [0.3, 0.4) is 0 Å². The maximum atomic E-state index is 10.1. The summed E-state index contributed by atoms with van der Waals surface area (Å²) >= 11 is 0. The number of hydrogen-bond acceptors (Lipinski definition) is 2. The van der Waals surface area contributed by atoms with E-state index in [0.29, 0.717) is 0 Å². The topological polar surface area (TPSA) is 32.3 Å². The molecule has 0 unspecified atom stereocenters. The van der Waals surface area contributed by atoms with Crippen LogP contribution in [0.4, 0.5) is 0 Å². The average molecular weight is 144 g/mol. The molecule has 0 bridgehead atoms. The summed E-state index contributed by atoms with van der Waals surface area (Å²) in [6, 6.07) is 0. The van der Waals surface area contributed by atoms with E-state index in [2.05, 4.69) is 5.32 Å². The molecule has 0 rings (SSSR count). The van der Waals surface area contributed by atoms with Crippen molar-refractivity contribution in [2.24, 2.45) is 0 Å². The summed E-state index contributed by atoms with van der Waals surface area (Å²) < 4.78 is 0. The van der Waals surface area contributed by atoms with E-state index in [0.717, 1.165) is 13.0 Å². The Balaban J connectivity index is 3.73. The number of rotatable bonds is 4. The second kappa shape index (κ2) is 3.56. The molecule has 0 saturated carbocycles. The summed E-state index contributed by atoms with van der Waals surface area (Å²) in [5.41, 5.74) is -0.120. The van der Waals surface area contributed by atoms with Gasteiger partial charge in [-0.1, -0.05) is 0 Å². The van der Waals surface area contributed by atoms with Crippen molar-refractivity contribution in [2.75, 3.05) is 20.6 Å². The van der Waals surface area contributed by atoms with Gasteiger partial charge < -0.3 is 10.2 Å². The van der Waals surface area contributed by atoms with Crippen molar-refractivity contribution in [3.8, 4) is 0 Å². The van der Waals surface area contributed by atoms with Crippen molar-refractivity contribution >= 4 is 6.41 Å². The maximum absolute atomic E-state index is 10.1. The summed E-state index contributed by atoms with van der Waals surface area (Å²) in [5, 5.41) is 2.73. The minimum absolute atomic E-state index is 0.120. The summed E-state index contributed by atoms with van der Waals surface area (Å²) in [7, 11) is 3.96. The van der Waals surface area contributed by atoms with E-state index in [1.807, 2.05) is 32.8 Å². The molecule has 0 aromatic carbocycles. The monoisotopic (exact) mass is 144 g/mol. The number of carbonyl (C=O) groups is 1. The van der Waals surface area contributed by atoms with Gasteiger partial charge >= 0.3 is 0 Å². The predicted molar refractivity (Wildman–Crippen MR) is 41.8 cm³/mol. The van der Waals surface area contributed by atoms with Gasteiger partial charge in [-0.05, 0) is 27.9 Å². The van der Waals surface area contributed by atoms with Gasteiger partial charge in [-0.25, -0.2) is 0 Å². The molecule has 0 aromatic heterocycles. The molecule has 0 aliphatic heterocycles. The van der Waals surface area contributed by atoms with Gasteiger partial charge in [-0.2, -0.15) is 0 Å². The normalized spacial score (nSPS) is 11.7. The van der Waals surface area contributed by atoms with Crippen molar-refractivity contribution < 1.29 is 4.79 Å². The molecule has 0 saturated heterocycles. The largest absolute Gasteiger partial charge is 0.353 e. The van der Waals surface area contributed by atoms with Gasteiger partial charge in [0.15, 0.2) is 0 Å². The fourth-order valence-corrected chi connectivity index (χ4v) is 0.996. The number of carbonyl (C=O) groups excluding carboxylic acids is 1. The molecule has 1 N–H and O–H groups in total. The smallest absolute Gasteiger partial charge is 0.207 e. The molecule has 0 aromatic rings. The standard InChI is InChI=1S/C7H16N2O/c1-7(2,8-6-10)5-9(3)4/h6H,5H2,1-4H3,(H,8,10). The van der Waals surface area contributed by atoms with Crippen LogP contribution in [-0.2, 0) is 4.79 Å². The first-order chi connectivity index (χ1) is 4.48. The first-order valence-electron chi connectivity index (χ1n) is 3.34. The zero-order valence-electron chi connectivity index (χ0n) is 7.14. The molecule has 1 amide bonds. The van der Waals surface area contributed by atoms with Crippen LogP contribution < -0.4 is 5.32 Å². The highest BCUT2D eigenvalue weighted by Crippen LogP contribution is 2.00. The molecule has 0 aliphatic rings. The Morgan fingerprint density at radius 1 is 1.50 bits per heavy atom. The highest BCUT2D eigenvalue weighted by atomic mass is 16.1. The molecule has 0 heterocycles. The van der Waals surface area contributed by atoms with E-state index in [9.17, 15) is 4.79 Å². The zero-order chi connectivity index (χ0) is 8.20. The number of nitrogens with one attached hydrogen (secondary N) is 1. The molecule has 0 aliphatic carbocycles. The Morgan fingerprint density at radius 2 is 2.00 bits per heavy atom. The van der Waals surface area contributed by atoms with Gasteiger partial charge in [0.05, 0.1) is 0 Å². The van der Waals surface area contributed by atoms with Crippen LogP contribution in [0, 0.1) is 0 Å². The SMILES string of the molecule is CN(C)CC(C)(C)NC=O. The van der Waals surface area contributed by atoms with Crippen molar-refractivity contribution in [2.45, 2.75) is 19.4 Å². The third-order valence-electron chi connectivity index (χ3n) is 1.16. The van der Waals surface area contributed by atoms with Crippen LogP contribution in [0.25, 0.3) is 0 Å². The second-order valence-corrected chi connectivity index (χ2v) is 3.38. The first-order valence-corrected chi connectivity index (χ1v) is 3.34. The lowest BCUT2D eigenvalue weighted by Gasteiger charge is -2.27. The summed E-state index contributed by atoms with van der Waals surface area (Å²) in [6.07, 6.45) is 0.740. The van der Waals surface area contributed by atoms with Crippen molar-refractivity contribution in [1.82, 2.24) is 10.2 Å². The average Bonchev–Trinajstić information content (AvgIpc) is 1.59. The lowest BCUT2D eigenvalue weighted by Crippen LogP contribution is -2.46. The Hall–Kier alpha value is -0.570. The van der Waals surface area contributed by atoms with Gasteiger partial charge in [-0.15, -0.1) is 0 Å². The molecular formula is C7H16N2O. The molecule has 0 spiro atoms. The van der Waals surface area contributed by atoms with E-state index < -0.39 is 0 Å². The molecule has 60 valence electrons. The maximum Gasteiger partial charge on any atom is 0.207 e. The molecule has 3 heteroatoms. The van der Waals surface area contributed by atoms with Gasteiger partial charge in [0.1, 0.15) is 0 Å². The molecule has 3 nitrogen and oxygen atoms in total. The Labute approximate surface area is 62.4 Å². The van der Waals surface area contributed by atoms with Gasteiger partial charge in [0.2, 0.25) is 6.41 Å². The van der Waals surface area contributed by atoms with Gasteiger partial charge in [0, 0.05) is 12.1 Å². The second-order valence-electron chi connectivity index (χ2n) is 3.38. The summed E-state index contributed by atoms with van der Waals surface area (Å²) in [6.45, 7) is 4.83. The van der Waals surface area contributed by atoms with Gasteiger partial charge in [-0.3, -0.25) is 4.79 Å². The van der Waals surface area contributed by atoms with Crippen LogP contribution in [0.2, 0.25) is 0 Å². The number of likely N-dealkylation sites (N-methyl/N-ethyl adjacent to an activating group) is 1. The summed E-state index contributed by atoms with van der Waals surface area (Å²) in [5.74, 6) is 0. The van der Waals surface area contributed by atoms with Crippen LogP contribution in [0.1, 0.15) is 13.8 Å². The highest BCUT2D eigenvalue weighted by molar-refractivity contribution is 5.47. The van der Waals surface area contributed by atoms with E-state index >= 15 is 0 Å². The zero-order valence-corrected chi connectivity index (χ0v) is 7.14. The Kier molecular flexibility index (Phi) is 3.36. The third kappa shape index (κ3) is 4.32. The molecular weight excluding hydrogens is 128 g/mol. The lowest BCUT2D eigenvalue weighted by molar-refractivity contribution is -0.111. The summed E-state index contributed by atoms with van der Waals surface area (Å²) in [4.78, 5) is 12.1. The number of amides is 1. The van der Waals surface area contributed by atoms with Gasteiger partial charge in [0.25, 0.3) is 0 Å². The minimum atomic E-state index is -0.120. The van der Waals surface area contributed by atoms with Crippen LogP contribution in [0.15, 0.2) is 0 Å². The van der Waals surface area contributed by atoms with E-state index in [1.54, 1.807) is 0 Å². The van der Waals surface area contributed by atoms with Crippen molar-refractivity contribution in [1.29, 1.82) is 0 Å². The van der Waals surface area contributed by atoms with Crippen molar-refractivity contribution in [3.05, 3.63) is 0 Å². The third-order valence-corrected chi connectivity index (χ3v) is 1.16. The number of hydrogen-bond donors (Lipinski definition) is 1. The fraction of sp³-hybridized carbons (Fsp3) is 0.857. The molecule has 0 radical (unpaired) electrons. The van der Waals surface area contributed by atoms with E-state index in [1.165, 1.54) is 0 Å². The Bertz CT molecular complexity index is 110. The van der Waals surface area contributed by atoms with Crippen LogP contribution in [-0.4, -0.2) is 37.5 Å². The van der Waals surface area contributed by atoms with Crippen molar-refractivity contribution in [3.63, 3.8) is 0 Å².